The molecule has 142 valence electrons. The fraction of sp³-hybridized carbons (Fsp3) is 0.476. The van der Waals surface area contributed by atoms with Crippen molar-refractivity contribution >= 4 is 28.8 Å². The van der Waals surface area contributed by atoms with E-state index >= 15 is 0 Å². The van der Waals surface area contributed by atoms with Crippen molar-refractivity contribution in [1.29, 1.82) is 0 Å². The quantitative estimate of drug-likeness (QED) is 0.792. The molecule has 0 N–H and O–H groups in total. The zero-order chi connectivity index (χ0) is 19.0. The van der Waals surface area contributed by atoms with Crippen molar-refractivity contribution in [2.45, 2.75) is 39.5 Å². The van der Waals surface area contributed by atoms with Gasteiger partial charge in [-0.25, -0.2) is 4.98 Å². The number of carbonyl (C=O) groups is 2. The first-order chi connectivity index (χ1) is 13.0. The topological polar surface area (TPSA) is 53.5 Å². The van der Waals surface area contributed by atoms with E-state index in [1.54, 1.807) is 0 Å². The molecule has 2 aliphatic rings. The SMILES string of the molecule is Cc1nc(C)c(C(=O)N2CCCC3(CCCN(c4ccccc4)C3=O)C2)s1. The maximum absolute atomic E-state index is 13.5. The van der Waals surface area contributed by atoms with Crippen LogP contribution in [0.15, 0.2) is 30.3 Å². The summed E-state index contributed by atoms with van der Waals surface area (Å²) in [5.41, 5.74) is 1.30. The van der Waals surface area contributed by atoms with E-state index in [2.05, 4.69) is 4.98 Å². The molecule has 4 rings (SSSR count). The number of hydrogen-bond donors (Lipinski definition) is 0. The molecule has 2 aliphatic heterocycles. The molecule has 2 amide bonds. The molecule has 6 heteroatoms. The van der Waals surface area contributed by atoms with E-state index in [4.69, 9.17) is 0 Å². The number of benzene rings is 1. The molecule has 2 aromatic rings. The number of thiazole rings is 1. The summed E-state index contributed by atoms with van der Waals surface area (Å²) in [5.74, 6) is 0.205. The number of hydrogen-bond acceptors (Lipinski definition) is 4. The minimum atomic E-state index is -0.449. The summed E-state index contributed by atoms with van der Waals surface area (Å²) < 4.78 is 0. The summed E-state index contributed by atoms with van der Waals surface area (Å²) in [6, 6.07) is 9.89. The van der Waals surface area contributed by atoms with Crippen LogP contribution in [-0.4, -0.2) is 41.3 Å². The first-order valence-corrected chi connectivity index (χ1v) is 10.4. The van der Waals surface area contributed by atoms with E-state index in [1.807, 2.05) is 54.0 Å². The molecular weight excluding hydrogens is 358 g/mol. The first-order valence-electron chi connectivity index (χ1n) is 9.60. The number of amides is 2. The summed E-state index contributed by atoms with van der Waals surface area (Å²) >= 11 is 1.45. The molecule has 0 saturated carbocycles. The molecular formula is C21H25N3O2S. The van der Waals surface area contributed by atoms with Gasteiger partial charge in [0.25, 0.3) is 5.91 Å². The fourth-order valence-corrected chi connectivity index (χ4v) is 5.37. The summed E-state index contributed by atoms with van der Waals surface area (Å²) in [6.45, 7) is 5.81. The van der Waals surface area contributed by atoms with Gasteiger partial charge in [0, 0.05) is 25.3 Å². The lowest BCUT2D eigenvalue weighted by molar-refractivity contribution is -0.133. The molecule has 27 heavy (non-hydrogen) atoms. The van der Waals surface area contributed by atoms with Gasteiger partial charge >= 0.3 is 0 Å². The molecule has 1 aromatic heterocycles. The summed E-state index contributed by atoms with van der Waals surface area (Å²) in [5, 5.41) is 0.909. The first kappa shape index (κ1) is 18.2. The van der Waals surface area contributed by atoms with Crippen LogP contribution in [0, 0.1) is 19.3 Å². The molecule has 1 aromatic carbocycles. The molecule has 3 heterocycles. The lowest BCUT2D eigenvalue weighted by atomic mass is 9.72. The Morgan fingerprint density at radius 2 is 1.81 bits per heavy atom. The highest BCUT2D eigenvalue weighted by molar-refractivity contribution is 7.13. The van der Waals surface area contributed by atoms with Crippen LogP contribution in [0.2, 0.25) is 0 Å². The number of likely N-dealkylation sites (tertiary alicyclic amines) is 1. The van der Waals surface area contributed by atoms with Crippen LogP contribution in [-0.2, 0) is 4.79 Å². The number of rotatable bonds is 2. The molecule has 0 radical (unpaired) electrons. The second-order valence-electron chi connectivity index (χ2n) is 7.65. The van der Waals surface area contributed by atoms with E-state index in [0.29, 0.717) is 11.4 Å². The Morgan fingerprint density at radius 3 is 2.48 bits per heavy atom. The third kappa shape index (κ3) is 3.27. The van der Waals surface area contributed by atoms with Gasteiger partial charge in [-0.1, -0.05) is 18.2 Å². The Bertz CT molecular complexity index is 860. The lowest BCUT2D eigenvalue weighted by Gasteiger charge is -2.47. The average Bonchev–Trinajstić information content (AvgIpc) is 3.02. The number of aromatic nitrogens is 1. The standard InChI is InChI=1S/C21H25N3O2S/c1-15-18(27-16(2)22-15)19(25)23-12-6-10-21(14-23)11-7-13-24(20(21)26)17-8-4-3-5-9-17/h3-5,8-9H,6-7,10-14H2,1-2H3. The maximum Gasteiger partial charge on any atom is 0.265 e. The number of para-hydroxylation sites is 1. The summed E-state index contributed by atoms with van der Waals surface area (Å²) in [6.07, 6.45) is 3.57. The zero-order valence-electron chi connectivity index (χ0n) is 15.9. The van der Waals surface area contributed by atoms with E-state index in [0.717, 1.165) is 55.2 Å². The Balaban J connectivity index is 1.58. The summed E-state index contributed by atoms with van der Waals surface area (Å²) in [4.78, 5) is 35.5. The Hall–Kier alpha value is -2.21. The van der Waals surface area contributed by atoms with Crippen LogP contribution >= 0.6 is 11.3 Å². The second-order valence-corrected chi connectivity index (χ2v) is 8.86. The highest BCUT2D eigenvalue weighted by atomic mass is 32.1. The fourth-order valence-electron chi connectivity index (χ4n) is 4.48. The Labute approximate surface area is 164 Å². The van der Waals surface area contributed by atoms with Crippen LogP contribution in [0.5, 0.6) is 0 Å². The van der Waals surface area contributed by atoms with Gasteiger partial charge in [-0.05, 0) is 51.7 Å². The van der Waals surface area contributed by atoms with Gasteiger partial charge in [0.2, 0.25) is 5.91 Å². The maximum atomic E-state index is 13.5. The van der Waals surface area contributed by atoms with Crippen molar-refractivity contribution < 1.29 is 9.59 Å². The van der Waals surface area contributed by atoms with Crippen molar-refractivity contribution in [2.75, 3.05) is 24.5 Å². The van der Waals surface area contributed by atoms with Crippen LogP contribution in [0.1, 0.15) is 46.1 Å². The molecule has 1 spiro atoms. The molecule has 2 fully saturated rings. The van der Waals surface area contributed by atoms with E-state index < -0.39 is 5.41 Å². The van der Waals surface area contributed by atoms with Gasteiger partial charge in [-0.2, -0.15) is 0 Å². The lowest BCUT2D eigenvalue weighted by Crippen LogP contribution is -2.57. The largest absolute Gasteiger partial charge is 0.337 e. The number of aryl methyl sites for hydroxylation is 2. The van der Waals surface area contributed by atoms with E-state index in [-0.39, 0.29) is 11.8 Å². The minimum Gasteiger partial charge on any atom is -0.337 e. The third-order valence-corrected chi connectivity index (χ3v) is 6.83. The minimum absolute atomic E-state index is 0.0295. The van der Waals surface area contributed by atoms with Gasteiger partial charge in [0.1, 0.15) is 4.88 Å². The molecule has 1 unspecified atom stereocenters. The highest BCUT2D eigenvalue weighted by Gasteiger charge is 2.47. The monoisotopic (exact) mass is 383 g/mol. The van der Waals surface area contributed by atoms with E-state index in [1.165, 1.54) is 11.3 Å². The van der Waals surface area contributed by atoms with Crippen LogP contribution in [0.3, 0.4) is 0 Å². The Kier molecular flexibility index (Phi) is 4.76. The van der Waals surface area contributed by atoms with Crippen molar-refractivity contribution in [3.63, 3.8) is 0 Å². The van der Waals surface area contributed by atoms with Gasteiger partial charge in [0.05, 0.1) is 16.1 Å². The van der Waals surface area contributed by atoms with Crippen molar-refractivity contribution in [3.05, 3.63) is 45.9 Å². The average molecular weight is 384 g/mol. The normalized spacial score (nSPS) is 23.1. The number of anilines is 1. The number of piperidine rings is 2. The predicted octanol–water partition coefficient (Wildman–Crippen LogP) is 3.81. The van der Waals surface area contributed by atoms with Crippen LogP contribution in [0.4, 0.5) is 5.69 Å². The molecule has 0 bridgehead atoms. The Morgan fingerprint density at radius 1 is 1.11 bits per heavy atom. The molecule has 2 saturated heterocycles. The van der Waals surface area contributed by atoms with Crippen molar-refractivity contribution in [1.82, 2.24) is 9.88 Å². The number of nitrogens with zero attached hydrogens (tertiary/aromatic N) is 3. The highest BCUT2D eigenvalue weighted by Crippen LogP contribution is 2.41. The van der Waals surface area contributed by atoms with Crippen LogP contribution < -0.4 is 4.90 Å². The van der Waals surface area contributed by atoms with Gasteiger partial charge in [0.15, 0.2) is 0 Å². The molecule has 1 atom stereocenters. The van der Waals surface area contributed by atoms with Crippen molar-refractivity contribution in [2.24, 2.45) is 5.41 Å². The van der Waals surface area contributed by atoms with E-state index in [9.17, 15) is 9.59 Å². The van der Waals surface area contributed by atoms with Crippen LogP contribution in [0.25, 0.3) is 0 Å². The van der Waals surface area contributed by atoms with Gasteiger partial charge in [-0.15, -0.1) is 11.3 Å². The van der Waals surface area contributed by atoms with Gasteiger partial charge < -0.3 is 9.80 Å². The molecule has 0 aliphatic carbocycles. The zero-order valence-corrected chi connectivity index (χ0v) is 16.7. The summed E-state index contributed by atoms with van der Waals surface area (Å²) in [7, 11) is 0. The predicted molar refractivity (Wildman–Crippen MR) is 107 cm³/mol. The third-order valence-electron chi connectivity index (χ3n) is 5.77. The van der Waals surface area contributed by atoms with Crippen molar-refractivity contribution in [3.8, 4) is 0 Å². The second kappa shape index (κ2) is 7.08. The smallest absolute Gasteiger partial charge is 0.265 e. The number of carbonyl (C=O) groups excluding carboxylic acids is 2. The van der Waals surface area contributed by atoms with Gasteiger partial charge in [-0.3, -0.25) is 9.59 Å². The molecule has 5 nitrogen and oxygen atoms in total.